The Morgan fingerprint density at radius 1 is 0.720 bits per heavy atom. The molecule has 0 radical (unpaired) electrons. The van der Waals surface area contributed by atoms with Crippen molar-refractivity contribution in [3.05, 3.63) is 0 Å². The fourth-order valence-corrected chi connectivity index (χ4v) is 3.06. The summed E-state index contributed by atoms with van der Waals surface area (Å²) in [4.78, 5) is 11.6. The summed E-state index contributed by atoms with van der Waals surface area (Å²) in [6.45, 7) is 6.08. The van der Waals surface area contributed by atoms with Crippen LogP contribution >= 0.6 is 0 Å². The minimum Gasteiger partial charge on any atom is -0.373 e. The molecule has 0 aromatic rings. The standard InChI is InChI=1S/C22H45NO2/c1-4-5-6-7-8-9-10-11-12-13-14-15-16-17-18-19-21(24)23-22(25)20(2)3/h20,22,25H,4-19H2,1-3H3,(H,23,24). The number of aliphatic hydroxyl groups is 1. The second-order valence-electron chi connectivity index (χ2n) is 7.96. The quantitative estimate of drug-likeness (QED) is 0.223. The molecule has 0 aliphatic carbocycles. The number of aliphatic hydroxyl groups excluding tert-OH is 1. The summed E-state index contributed by atoms with van der Waals surface area (Å²) in [6, 6.07) is 0. The summed E-state index contributed by atoms with van der Waals surface area (Å²) in [7, 11) is 0. The van der Waals surface area contributed by atoms with Gasteiger partial charge in [0.1, 0.15) is 6.23 Å². The van der Waals surface area contributed by atoms with Crippen molar-refractivity contribution in [3.8, 4) is 0 Å². The molecule has 1 amide bonds. The van der Waals surface area contributed by atoms with E-state index in [1.54, 1.807) is 0 Å². The van der Waals surface area contributed by atoms with Gasteiger partial charge < -0.3 is 10.4 Å². The Labute approximate surface area is 157 Å². The maximum Gasteiger partial charge on any atom is 0.221 e. The molecule has 0 heterocycles. The van der Waals surface area contributed by atoms with Gasteiger partial charge in [-0.1, -0.05) is 111 Å². The van der Waals surface area contributed by atoms with Crippen molar-refractivity contribution >= 4 is 5.91 Å². The van der Waals surface area contributed by atoms with E-state index in [9.17, 15) is 9.90 Å². The first-order valence-corrected chi connectivity index (χ1v) is 11.0. The molecule has 3 nitrogen and oxygen atoms in total. The summed E-state index contributed by atoms with van der Waals surface area (Å²) in [5.41, 5.74) is 0. The van der Waals surface area contributed by atoms with Crippen LogP contribution in [-0.2, 0) is 4.79 Å². The minimum absolute atomic E-state index is 0.0177. The normalized spacial score (nSPS) is 12.5. The van der Waals surface area contributed by atoms with Crippen LogP contribution in [0.1, 0.15) is 124 Å². The molecule has 1 atom stereocenters. The van der Waals surface area contributed by atoms with E-state index < -0.39 is 6.23 Å². The number of hydrogen-bond acceptors (Lipinski definition) is 2. The highest BCUT2D eigenvalue weighted by atomic mass is 16.3. The van der Waals surface area contributed by atoms with E-state index in [1.807, 2.05) is 13.8 Å². The van der Waals surface area contributed by atoms with Crippen molar-refractivity contribution in [3.63, 3.8) is 0 Å². The Balaban J connectivity index is 3.17. The van der Waals surface area contributed by atoms with E-state index in [-0.39, 0.29) is 11.8 Å². The van der Waals surface area contributed by atoms with Crippen molar-refractivity contribution in [1.82, 2.24) is 5.32 Å². The van der Waals surface area contributed by atoms with Crippen molar-refractivity contribution in [1.29, 1.82) is 0 Å². The van der Waals surface area contributed by atoms with Gasteiger partial charge >= 0.3 is 0 Å². The Morgan fingerprint density at radius 3 is 1.44 bits per heavy atom. The summed E-state index contributed by atoms with van der Waals surface area (Å²) < 4.78 is 0. The van der Waals surface area contributed by atoms with E-state index in [2.05, 4.69) is 12.2 Å². The molecule has 0 saturated heterocycles. The maximum absolute atomic E-state index is 11.6. The largest absolute Gasteiger partial charge is 0.373 e. The lowest BCUT2D eigenvalue weighted by Gasteiger charge is -2.15. The fourth-order valence-electron chi connectivity index (χ4n) is 3.06. The van der Waals surface area contributed by atoms with E-state index >= 15 is 0 Å². The fraction of sp³-hybridized carbons (Fsp3) is 0.955. The molecule has 1 unspecified atom stereocenters. The number of amides is 1. The maximum atomic E-state index is 11.6. The van der Waals surface area contributed by atoms with E-state index in [0.29, 0.717) is 6.42 Å². The number of carbonyl (C=O) groups is 1. The summed E-state index contributed by atoms with van der Waals surface area (Å²) in [6.07, 6.45) is 19.8. The molecule has 0 saturated carbocycles. The number of hydrogen-bond donors (Lipinski definition) is 2. The van der Waals surface area contributed by atoms with E-state index in [0.717, 1.165) is 12.8 Å². The number of unbranched alkanes of at least 4 members (excludes halogenated alkanes) is 14. The summed E-state index contributed by atoms with van der Waals surface area (Å²) in [5.74, 6) is 0.0564. The Morgan fingerprint density at radius 2 is 1.08 bits per heavy atom. The van der Waals surface area contributed by atoms with Gasteiger partial charge in [0.25, 0.3) is 0 Å². The first kappa shape index (κ1) is 24.4. The summed E-state index contributed by atoms with van der Waals surface area (Å²) in [5, 5.41) is 12.2. The molecule has 25 heavy (non-hydrogen) atoms. The number of carbonyl (C=O) groups excluding carboxylic acids is 1. The average molecular weight is 356 g/mol. The van der Waals surface area contributed by atoms with Crippen LogP contribution in [0.15, 0.2) is 0 Å². The van der Waals surface area contributed by atoms with Crippen LogP contribution in [-0.4, -0.2) is 17.2 Å². The lowest BCUT2D eigenvalue weighted by molar-refractivity contribution is -0.125. The molecule has 2 N–H and O–H groups in total. The molecule has 0 aromatic heterocycles. The lowest BCUT2D eigenvalue weighted by atomic mass is 10.0. The SMILES string of the molecule is CCCCCCCCCCCCCCCCCC(=O)NC(O)C(C)C. The second-order valence-corrected chi connectivity index (χ2v) is 7.96. The van der Waals surface area contributed by atoms with Gasteiger partial charge in [-0.05, 0) is 12.3 Å². The Hall–Kier alpha value is -0.570. The molecular formula is C22H45NO2. The smallest absolute Gasteiger partial charge is 0.221 e. The van der Waals surface area contributed by atoms with Gasteiger partial charge in [-0.15, -0.1) is 0 Å². The van der Waals surface area contributed by atoms with Crippen LogP contribution in [0, 0.1) is 5.92 Å². The lowest BCUT2D eigenvalue weighted by Crippen LogP contribution is -2.38. The molecule has 0 rings (SSSR count). The van der Waals surface area contributed by atoms with Gasteiger partial charge in [0.2, 0.25) is 5.91 Å². The highest BCUT2D eigenvalue weighted by Gasteiger charge is 2.11. The topological polar surface area (TPSA) is 49.3 Å². The van der Waals surface area contributed by atoms with Crippen molar-refractivity contribution in [2.24, 2.45) is 5.92 Å². The highest BCUT2D eigenvalue weighted by molar-refractivity contribution is 5.75. The van der Waals surface area contributed by atoms with E-state index in [4.69, 9.17) is 0 Å². The first-order chi connectivity index (χ1) is 12.1. The zero-order valence-electron chi connectivity index (χ0n) is 17.3. The third-order valence-electron chi connectivity index (χ3n) is 4.95. The second kappa shape index (κ2) is 18.2. The zero-order chi connectivity index (χ0) is 18.8. The predicted molar refractivity (Wildman–Crippen MR) is 109 cm³/mol. The van der Waals surface area contributed by atoms with Crippen LogP contribution in [0.5, 0.6) is 0 Å². The minimum atomic E-state index is -0.705. The van der Waals surface area contributed by atoms with Crippen LogP contribution in [0.4, 0.5) is 0 Å². The molecule has 0 spiro atoms. The number of rotatable bonds is 18. The first-order valence-electron chi connectivity index (χ1n) is 11.0. The molecule has 150 valence electrons. The van der Waals surface area contributed by atoms with Crippen LogP contribution in [0.2, 0.25) is 0 Å². The zero-order valence-corrected chi connectivity index (χ0v) is 17.3. The van der Waals surface area contributed by atoms with Crippen molar-refractivity contribution < 1.29 is 9.90 Å². The molecule has 0 bridgehead atoms. The Bertz CT molecular complexity index is 292. The average Bonchev–Trinajstić information content (AvgIpc) is 2.58. The molecular weight excluding hydrogens is 310 g/mol. The van der Waals surface area contributed by atoms with E-state index in [1.165, 1.54) is 83.5 Å². The molecule has 0 aliphatic rings. The molecule has 0 fully saturated rings. The van der Waals surface area contributed by atoms with Gasteiger partial charge in [0.05, 0.1) is 0 Å². The van der Waals surface area contributed by atoms with Crippen molar-refractivity contribution in [2.75, 3.05) is 0 Å². The van der Waals surface area contributed by atoms with Gasteiger partial charge in [-0.3, -0.25) is 4.79 Å². The molecule has 0 aliphatic heterocycles. The molecule has 3 heteroatoms. The van der Waals surface area contributed by atoms with Crippen molar-refractivity contribution in [2.45, 2.75) is 130 Å². The number of nitrogens with one attached hydrogen (secondary N) is 1. The van der Waals surface area contributed by atoms with Gasteiger partial charge in [-0.25, -0.2) is 0 Å². The monoisotopic (exact) mass is 355 g/mol. The van der Waals surface area contributed by atoms with Gasteiger partial charge in [0.15, 0.2) is 0 Å². The third kappa shape index (κ3) is 18.0. The van der Waals surface area contributed by atoms with Gasteiger partial charge in [0, 0.05) is 6.42 Å². The van der Waals surface area contributed by atoms with Crippen LogP contribution in [0.3, 0.4) is 0 Å². The molecule has 0 aromatic carbocycles. The predicted octanol–water partition coefficient (Wildman–Crippen LogP) is 6.34. The van der Waals surface area contributed by atoms with Gasteiger partial charge in [-0.2, -0.15) is 0 Å². The summed E-state index contributed by atoms with van der Waals surface area (Å²) >= 11 is 0. The van der Waals surface area contributed by atoms with Crippen LogP contribution in [0.25, 0.3) is 0 Å². The highest BCUT2D eigenvalue weighted by Crippen LogP contribution is 2.13. The Kier molecular flexibility index (Phi) is 17.8. The third-order valence-corrected chi connectivity index (χ3v) is 4.95. The van der Waals surface area contributed by atoms with Crippen LogP contribution < -0.4 is 5.32 Å².